The van der Waals surface area contributed by atoms with Crippen LogP contribution < -0.4 is 0 Å². The molecular formula is C23H17F2N3. The number of fused-ring (bicyclic) bond motifs is 2. The minimum absolute atomic E-state index is 0.274. The van der Waals surface area contributed by atoms with Crippen LogP contribution in [0.1, 0.15) is 17.0 Å². The second-order valence-corrected chi connectivity index (χ2v) is 6.89. The highest BCUT2D eigenvalue weighted by Gasteiger charge is 2.15. The molecule has 0 radical (unpaired) electrons. The number of hydrogen-bond donors (Lipinski definition) is 1. The fraction of sp³-hybridized carbons (Fsp3) is 0.0870. The Hall–Kier alpha value is -3.47. The van der Waals surface area contributed by atoms with Crippen LogP contribution in [0.3, 0.4) is 0 Å². The molecular weight excluding hydrogens is 356 g/mol. The molecule has 0 spiro atoms. The summed E-state index contributed by atoms with van der Waals surface area (Å²) in [6.07, 6.45) is 2.34. The number of benzene rings is 3. The first-order valence-corrected chi connectivity index (χ1v) is 9.12. The van der Waals surface area contributed by atoms with Gasteiger partial charge in [0, 0.05) is 24.5 Å². The topological polar surface area (TPSA) is 33.6 Å². The summed E-state index contributed by atoms with van der Waals surface area (Å²) in [4.78, 5) is 7.76. The van der Waals surface area contributed by atoms with Crippen molar-refractivity contribution in [3.8, 4) is 0 Å². The fourth-order valence-corrected chi connectivity index (χ4v) is 3.72. The maximum Gasteiger partial charge on any atom is 0.147 e. The third kappa shape index (κ3) is 2.85. The van der Waals surface area contributed by atoms with Crippen LogP contribution in [0.15, 0.2) is 72.9 Å². The molecule has 0 aliphatic heterocycles. The molecule has 0 unspecified atom stereocenters. The Bertz CT molecular complexity index is 1290. The number of rotatable bonds is 4. The Kier molecular flexibility index (Phi) is 3.93. The van der Waals surface area contributed by atoms with E-state index in [0.29, 0.717) is 18.5 Å². The molecule has 0 bridgehead atoms. The molecule has 0 aliphatic rings. The highest BCUT2D eigenvalue weighted by molar-refractivity contribution is 5.84. The molecule has 5 heteroatoms. The molecule has 5 rings (SSSR count). The van der Waals surface area contributed by atoms with Crippen molar-refractivity contribution >= 4 is 21.9 Å². The van der Waals surface area contributed by atoms with Crippen LogP contribution in [-0.2, 0) is 13.0 Å². The fourth-order valence-electron chi connectivity index (χ4n) is 3.72. The number of imidazole rings is 1. The third-order valence-electron chi connectivity index (χ3n) is 5.07. The molecule has 0 atom stereocenters. The molecule has 0 saturated carbocycles. The minimum Gasteiger partial charge on any atom is -0.359 e. The zero-order valence-corrected chi connectivity index (χ0v) is 15.0. The van der Waals surface area contributed by atoms with Crippen LogP contribution in [0.25, 0.3) is 21.9 Å². The SMILES string of the molecule is Fc1ccc2nc(Cc3c[nH]c4c(F)cccc34)n(Cc3ccccc3)c2c1. The van der Waals surface area contributed by atoms with Gasteiger partial charge < -0.3 is 9.55 Å². The lowest BCUT2D eigenvalue weighted by Gasteiger charge is -2.09. The molecule has 28 heavy (non-hydrogen) atoms. The second-order valence-electron chi connectivity index (χ2n) is 6.89. The Morgan fingerprint density at radius 1 is 0.929 bits per heavy atom. The zero-order valence-electron chi connectivity index (χ0n) is 15.0. The maximum atomic E-state index is 14.0. The Balaban J connectivity index is 1.63. The van der Waals surface area contributed by atoms with Crippen LogP contribution in [0.4, 0.5) is 8.78 Å². The zero-order chi connectivity index (χ0) is 19.1. The van der Waals surface area contributed by atoms with Gasteiger partial charge >= 0.3 is 0 Å². The first-order valence-electron chi connectivity index (χ1n) is 9.12. The van der Waals surface area contributed by atoms with E-state index in [0.717, 1.165) is 33.4 Å². The van der Waals surface area contributed by atoms with E-state index in [9.17, 15) is 8.78 Å². The first kappa shape index (κ1) is 16.7. The van der Waals surface area contributed by atoms with E-state index in [1.807, 2.05) is 47.2 Å². The molecule has 0 fully saturated rings. The first-order chi connectivity index (χ1) is 13.7. The number of aromatic amines is 1. The highest BCUT2D eigenvalue weighted by Crippen LogP contribution is 2.26. The van der Waals surface area contributed by atoms with E-state index >= 15 is 0 Å². The van der Waals surface area contributed by atoms with Crippen LogP contribution >= 0.6 is 0 Å². The number of H-pyrrole nitrogens is 1. The summed E-state index contributed by atoms with van der Waals surface area (Å²) < 4.78 is 30.0. The highest BCUT2D eigenvalue weighted by atomic mass is 19.1. The summed E-state index contributed by atoms with van der Waals surface area (Å²) in [6, 6.07) is 19.7. The van der Waals surface area contributed by atoms with Crippen LogP contribution in [0, 0.1) is 11.6 Å². The molecule has 3 aromatic carbocycles. The third-order valence-corrected chi connectivity index (χ3v) is 5.07. The number of hydrogen-bond acceptors (Lipinski definition) is 1. The number of para-hydroxylation sites is 1. The predicted octanol–water partition coefficient (Wildman–Crippen LogP) is 5.43. The van der Waals surface area contributed by atoms with Gasteiger partial charge in [0.15, 0.2) is 0 Å². The average molecular weight is 373 g/mol. The average Bonchev–Trinajstić information content (AvgIpc) is 3.26. The van der Waals surface area contributed by atoms with Crippen molar-refractivity contribution in [3.63, 3.8) is 0 Å². The van der Waals surface area contributed by atoms with Gasteiger partial charge in [-0.1, -0.05) is 42.5 Å². The lowest BCUT2D eigenvalue weighted by atomic mass is 10.1. The Morgan fingerprint density at radius 3 is 2.64 bits per heavy atom. The standard InChI is InChI=1S/C23H17F2N3/c24-17-9-10-20-21(12-17)28(14-15-5-2-1-3-6-15)22(27-20)11-16-13-26-23-18(16)7-4-8-19(23)25/h1-10,12-13,26H,11,14H2. The van der Waals surface area contributed by atoms with Gasteiger partial charge in [-0.15, -0.1) is 0 Å². The van der Waals surface area contributed by atoms with Gasteiger partial charge in [-0.05, 0) is 35.4 Å². The molecule has 2 aromatic heterocycles. The van der Waals surface area contributed by atoms with Gasteiger partial charge in [0.25, 0.3) is 0 Å². The van der Waals surface area contributed by atoms with E-state index in [4.69, 9.17) is 4.98 Å². The summed E-state index contributed by atoms with van der Waals surface area (Å²) in [7, 11) is 0. The van der Waals surface area contributed by atoms with Gasteiger partial charge in [-0.25, -0.2) is 13.8 Å². The second kappa shape index (κ2) is 6.60. The molecule has 2 heterocycles. The van der Waals surface area contributed by atoms with Crippen LogP contribution in [0.2, 0.25) is 0 Å². The maximum absolute atomic E-state index is 14.0. The molecule has 0 saturated heterocycles. The van der Waals surface area contributed by atoms with Crippen molar-refractivity contribution in [1.82, 2.24) is 14.5 Å². The van der Waals surface area contributed by atoms with E-state index in [-0.39, 0.29) is 11.6 Å². The summed E-state index contributed by atoms with van der Waals surface area (Å²) in [6.45, 7) is 0.590. The molecule has 1 N–H and O–H groups in total. The normalized spacial score (nSPS) is 11.5. The van der Waals surface area contributed by atoms with Gasteiger partial charge in [0.05, 0.1) is 16.6 Å². The number of nitrogens with one attached hydrogen (secondary N) is 1. The van der Waals surface area contributed by atoms with E-state index in [1.165, 1.54) is 18.2 Å². The van der Waals surface area contributed by atoms with Gasteiger partial charge in [-0.2, -0.15) is 0 Å². The van der Waals surface area contributed by atoms with E-state index in [2.05, 4.69) is 4.98 Å². The number of nitrogens with zero attached hydrogens (tertiary/aromatic N) is 2. The molecule has 138 valence electrons. The van der Waals surface area contributed by atoms with Gasteiger partial charge in [-0.3, -0.25) is 0 Å². The van der Waals surface area contributed by atoms with Crippen molar-refractivity contribution in [3.05, 3.63) is 102 Å². The minimum atomic E-state index is -0.289. The number of halogens is 2. The van der Waals surface area contributed by atoms with Crippen molar-refractivity contribution in [2.75, 3.05) is 0 Å². The molecule has 3 nitrogen and oxygen atoms in total. The summed E-state index contributed by atoms with van der Waals surface area (Å²) >= 11 is 0. The molecule has 0 aliphatic carbocycles. The number of aromatic nitrogens is 3. The summed E-state index contributed by atoms with van der Waals surface area (Å²) in [5, 5.41) is 0.837. The monoisotopic (exact) mass is 373 g/mol. The van der Waals surface area contributed by atoms with Crippen LogP contribution in [-0.4, -0.2) is 14.5 Å². The largest absolute Gasteiger partial charge is 0.359 e. The van der Waals surface area contributed by atoms with Gasteiger partial charge in [0.2, 0.25) is 0 Å². The van der Waals surface area contributed by atoms with Crippen molar-refractivity contribution in [2.24, 2.45) is 0 Å². The smallest absolute Gasteiger partial charge is 0.147 e. The summed E-state index contributed by atoms with van der Waals surface area (Å²) in [5.74, 6) is 0.251. The van der Waals surface area contributed by atoms with Crippen molar-refractivity contribution in [2.45, 2.75) is 13.0 Å². The van der Waals surface area contributed by atoms with E-state index in [1.54, 1.807) is 12.1 Å². The van der Waals surface area contributed by atoms with Crippen molar-refractivity contribution < 1.29 is 8.78 Å². The Morgan fingerprint density at radius 2 is 1.79 bits per heavy atom. The Labute approximate surface area is 160 Å². The van der Waals surface area contributed by atoms with Crippen molar-refractivity contribution in [1.29, 1.82) is 0 Å². The molecule has 0 amide bonds. The quantitative estimate of drug-likeness (QED) is 0.447. The predicted molar refractivity (Wildman–Crippen MR) is 106 cm³/mol. The van der Waals surface area contributed by atoms with Crippen LogP contribution in [0.5, 0.6) is 0 Å². The summed E-state index contributed by atoms with van der Waals surface area (Å²) in [5.41, 5.74) is 4.06. The lowest BCUT2D eigenvalue weighted by Crippen LogP contribution is -2.06. The molecule has 5 aromatic rings. The van der Waals surface area contributed by atoms with Gasteiger partial charge in [0.1, 0.15) is 17.5 Å². The van der Waals surface area contributed by atoms with E-state index < -0.39 is 0 Å². The lowest BCUT2D eigenvalue weighted by molar-refractivity contribution is 0.628.